The highest BCUT2D eigenvalue weighted by Gasteiger charge is 2.06. The number of halogens is 1. The fraction of sp³-hybridized carbons (Fsp3) is 0.375. The van der Waals surface area contributed by atoms with Crippen molar-refractivity contribution in [3.63, 3.8) is 0 Å². The topological polar surface area (TPSA) is 33.1 Å². The second-order valence-corrected chi connectivity index (χ2v) is 3.34. The zero-order valence-corrected chi connectivity index (χ0v) is 7.87. The zero-order chi connectivity index (χ0) is 8.27. The highest BCUT2D eigenvalue weighted by atomic mass is 79.9. The Morgan fingerprint density at radius 3 is 3.00 bits per heavy atom. The summed E-state index contributed by atoms with van der Waals surface area (Å²) in [6, 6.07) is 1.91. The summed E-state index contributed by atoms with van der Waals surface area (Å²) in [6.07, 6.45) is 3.47. The second kappa shape index (κ2) is 3.83. The van der Waals surface area contributed by atoms with Crippen molar-refractivity contribution < 1.29 is 5.11 Å². The van der Waals surface area contributed by atoms with Gasteiger partial charge in [-0.15, -0.1) is 0 Å². The van der Waals surface area contributed by atoms with Gasteiger partial charge in [0.2, 0.25) is 0 Å². The van der Waals surface area contributed by atoms with Crippen LogP contribution in [-0.4, -0.2) is 16.7 Å². The molecule has 1 rings (SSSR count). The lowest BCUT2D eigenvalue weighted by atomic mass is 10.0. The number of aliphatic hydroxyl groups is 1. The van der Waals surface area contributed by atoms with Gasteiger partial charge in [0.1, 0.15) is 0 Å². The highest BCUT2D eigenvalue weighted by Crippen LogP contribution is 2.22. The molecule has 0 aromatic carbocycles. The van der Waals surface area contributed by atoms with Crippen LogP contribution in [0.5, 0.6) is 0 Å². The van der Waals surface area contributed by atoms with Crippen molar-refractivity contribution in [2.24, 2.45) is 0 Å². The molecule has 1 heterocycles. The number of aliphatic hydroxyl groups excluding tert-OH is 1. The van der Waals surface area contributed by atoms with Crippen LogP contribution < -0.4 is 0 Å². The van der Waals surface area contributed by atoms with Gasteiger partial charge in [0.25, 0.3) is 0 Å². The van der Waals surface area contributed by atoms with Crippen LogP contribution in [0.15, 0.2) is 22.9 Å². The molecule has 0 fully saturated rings. The maximum absolute atomic E-state index is 8.87. The van der Waals surface area contributed by atoms with E-state index in [1.54, 1.807) is 12.4 Å². The van der Waals surface area contributed by atoms with Crippen LogP contribution in [-0.2, 0) is 0 Å². The summed E-state index contributed by atoms with van der Waals surface area (Å²) in [7, 11) is 0. The number of rotatable bonds is 2. The van der Waals surface area contributed by atoms with Gasteiger partial charge < -0.3 is 5.11 Å². The van der Waals surface area contributed by atoms with Crippen molar-refractivity contribution in [3.8, 4) is 0 Å². The Morgan fingerprint density at radius 2 is 2.45 bits per heavy atom. The van der Waals surface area contributed by atoms with E-state index in [-0.39, 0.29) is 12.5 Å². The summed E-state index contributed by atoms with van der Waals surface area (Å²) in [5.41, 5.74) is 1.10. The standard InChI is InChI=1S/C8H10BrNO/c1-6(5-11)7-2-3-10-4-8(7)9/h2-4,6,11H,5H2,1H3. The minimum atomic E-state index is 0.169. The number of pyridine rings is 1. The largest absolute Gasteiger partial charge is 0.396 e. The molecule has 0 bridgehead atoms. The molecule has 0 aliphatic rings. The number of nitrogens with zero attached hydrogens (tertiary/aromatic N) is 1. The molecule has 0 saturated carbocycles. The lowest BCUT2D eigenvalue weighted by Gasteiger charge is -2.08. The van der Waals surface area contributed by atoms with Gasteiger partial charge in [-0.3, -0.25) is 4.98 Å². The summed E-state index contributed by atoms with van der Waals surface area (Å²) < 4.78 is 0.960. The smallest absolute Gasteiger partial charge is 0.0497 e. The molecule has 1 aromatic rings. The minimum Gasteiger partial charge on any atom is -0.396 e. The summed E-state index contributed by atoms with van der Waals surface area (Å²) in [6.45, 7) is 2.14. The van der Waals surface area contributed by atoms with Gasteiger partial charge in [-0.1, -0.05) is 6.92 Å². The molecule has 0 saturated heterocycles. The normalized spacial score (nSPS) is 13.0. The molecule has 0 aliphatic heterocycles. The highest BCUT2D eigenvalue weighted by molar-refractivity contribution is 9.10. The van der Waals surface area contributed by atoms with Crippen molar-refractivity contribution in [1.29, 1.82) is 0 Å². The molecule has 0 spiro atoms. The van der Waals surface area contributed by atoms with Crippen molar-refractivity contribution in [1.82, 2.24) is 4.98 Å². The second-order valence-electron chi connectivity index (χ2n) is 2.48. The maximum Gasteiger partial charge on any atom is 0.0497 e. The summed E-state index contributed by atoms with van der Waals surface area (Å²) in [4.78, 5) is 3.93. The fourth-order valence-corrected chi connectivity index (χ4v) is 1.53. The zero-order valence-electron chi connectivity index (χ0n) is 6.29. The van der Waals surface area contributed by atoms with E-state index in [2.05, 4.69) is 20.9 Å². The van der Waals surface area contributed by atoms with Gasteiger partial charge in [0.15, 0.2) is 0 Å². The average Bonchev–Trinajstić information content (AvgIpc) is 2.04. The third kappa shape index (κ3) is 2.01. The van der Waals surface area contributed by atoms with Gasteiger partial charge in [-0.25, -0.2) is 0 Å². The Labute approximate surface area is 74.4 Å². The molecule has 1 N–H and O–H groups in total. The van der Waals surface area contributed by atoms with Gasteiger partial charge >= 0.3 is 0 Å². The first-order valence-electron chi connectivity index (χ1n) is 3.46. The van der Waals surface area contributed by atoms with Crippen molar-refractivity contribution >= 4 is 15.9 Å². The van der Waals surface area contributed by atoms with E-state index in [9.17, 15) is 0 Å². The average molecular weight is 216 g/mol. The monoisotopic (exact) mass is 215 g/mol. The molecule has 1 unspecified atom stereocenters. The molecule has 1 aromatic heterocycles. The molecule has 3 heteroatoms. The molecule has 2 nitrogen and oxygen atoms in total. The first kappa shape index (κ1) is 8.68. The van der Waals surface area contributed by atoms with E-state index < -0.39 is 0 Å². The molecular formula is C8H10BrNO. The Kier molecular flexibility index (Phi) is 3.02. The molecule has 11 heavy (non-hydrogen) atoms. The number of hydrogen-bond acceptors (Lipinski definition) is 2. The van der Waals surface area contributed by atoms with Crippen LogP contribution in [0, 0.1) is 0 Å². The quantitative estimate of drug-likeness (QED) is 0.819. The van der Waals surface area contributed by atoms with Crippen LogP contribution in [0.3, 0.4) is 0 Å². The SMILES string of the molecule is CC(CO)c1ccncc1Br. The predicted molar refractivity (Wildman–Crippen MR) is 47.4 cm³/mol. The summed E-state index contributed by atoms with van der Waals surface area (Å²) in [5, 5.41) is 8.87. The lowest BCUT2D eigenvalue weighted by molar-refractivity contribution is 0.272. The first-order chi connectivity index (χ1) is 5.25. The van der Waals surface area contributed by atoms with Gasteiger partial charge in [-0.2, -0.15) is 0 Å². The Hall–Kier alpha value is -0.410. The van der Waals surface area contributed by atoms with E-state index in [1.807, 2.05) is 13.0 Å². The third-order valence-electron chi connectivity index (χ3n) is 1.61. The number of aromatic nitrogens is 1. The predicted octanol–water partition coefficient (Wildman–Crippen LogP) is 1.94. The van der Waals surface area contributed by atoms with Gasteiger partial charge in [-0.05, 0) is 27.6 Å². The summed E-state index contributed by atoms with van der Waals surface area (Å²) in [5.74, 6) is 0.173. The van der Waals surface area contributed by atoms with Gasteiger partial charge in [0, 0.05) is 29.4 Å². The van der Waals surface area contributed by atoms with E-state index in [1.165, 1.54) is 0 Å². The number of hydrogen-bond donors (Lipinski definition) is 1. The fourth-order valence-electron chi connectivity index (χ4n) is 0.884. The van der Waals surface area contributed by atoms with Crippen molar-refractivity contribution in [2.75, 3.05) is 6.61 Å². The van der Waals surface area contributed by atoms with Crippen LogP contribution in [0.2, 0.25) is 0 Å². The Balaban J connectivity index is 2.93. The van der Waals surface area contributed by atoms with E-state index in [0.29, 0.717) is 0 Å². The maximum atomic E-state index is 8.87. The minimum absolute atomic E-state index is 0.169. The van der Waals surface area contributed by atoms with Crippen LogP contribution >= 0.6 is 15.9 Å². The molecule has 60 valence electrons. The van der Waals surface area contributed by atoms with Crippen LogP contribution in [0.1, 0.15) is 18.4 Å². The van der Waals surface area contributed by atoms with Crippen LogP contribution in [0.25, 0.3) is 0 Å². The first-order valence-corrected chi connectivity index (χ1v) is 4.25. The lowest BCUT2D eigenvalue weighted by Crippen LogP contribution is -1.99. The van der Waals surface area contributed by atoms with Crippen molar-refractivity contribution in [2.45, 2.75) is 12.8 Å². The van der Waals surface area contributed by atoms with Gasteiger partial charge in [0.05, 0.1) is 0 Å². The van der Waals surface area contributed by atoms with E-state index >= 15 is 0 Å². The molecule has 1 atom stereocenters. The molecular weight excluding hydrogens is 206 g/mol. The molecule has 0 radical (unpaired) electrons. The van der Waals surface area contributed by atoms with Crippen molar-refractivity contribution in [3.05, 3.63) is 28.5 Å². The summed E-state index contributed by atoms with van der Waals surface area (Å²) >= 11 is 3.36. The van der Waals surface area contributed by atoms with Crippen LogP contribution in [0.4, 0.5) is 0 Å². The van der Waals surface area contributed by atoms with E-state index in [0.717, 1.165) is 10.0 Å². The Bertz CT molecular complexity index is 239. The third-order valence-corrected chi connectivity index (χ3v) is 2.27. The molecule has 0 aliphatic carbocycles. The molecule has 0 amide bonds. The Morgan fingerprint density at radius 1 is 1.73 bits per heavy atom. The van der Waals surface area contributed by atoms with E-state index in [4.69, 9.17) is 5.11 Å².